The minimum Gasteiger partial charge on any atom is -0.479 e. The van der Waals surface area contributed by atoms with Gasteiger partial charge in [0.1, 0.15) is 23.2 Å². The summed E-state index contributed by atoms with van der Waals surface area (Å²) in [6.45, 7) is 2.08. The fraction of sp³-hybridized carbons (Fsp3) is 0.227. The van der Waals surface area contributed by atoms with Gasteiger partial charge in [0.05, 0.1) is 16.4 Å². The number of benzene rings is 2. The normalized spacial score (nSPS) is 11.5. The lowest BCUT2D eigenvalue weighted by Crippen LogP contribution is -2.37. The molecule has 30 heavy (non-hydrogen) atoms. The van der Waals surface area contributed by atoms with Crippen molar-refractivity contribution in [3.05, 3.63) is 70.9 Å². The molecule has 154 valence electrons. The third kappa shape index (κ3) is 4.91. The highest BCUT2D eigenvalue weighted by molar-refractivity contribution is 6.32. The number of aryl methyl sites for hydroxylation is 1. The summed E-state index contributed by atoms with van der Waals surface area (Å²) < 4.78 is 7.17. The number of nitrogens with one attached hydrogen (secondary N) is 1. The Kier molecular flexibility index (Phi) is 6.94. The minimum atomic E-state index is -0.687. The van der Waals surface area contributed by atoms with Crippen molar-refractivity contribution in [2.45, 2.75) is 25.9 Å². The van der Waals surface area contributed by atoms with E-state index in [-0.39, 0.29) is 5.91 Å². The van der Waals surface area contributed by atoms with E-state index < -0.39 is 6.10 Å². The van der Waals surface area contributed by atoms with Crippen molar-refractivity contribution >= 4 is 23.3 Å². The Balaban J connectivity index is 1.55. The number of anilines is 1. The summed E-state index contributed by atoms with van der Waals surface area (Å²) in [5.74, 6) is 0.525. The second-order valence-electron chi connectivity index (χ2n) is 6.65. The van der Waals surface area contributed by atoms with Crippen LogP contribution in [0.5, 0.6) is 5.75 Å². The number of nitrogens with zero attached hydrogens (tertiary/aromatic N) is 3. The van der Waals surface area contributed by atoms with Crippen molar-refractivity contribution in [3.63, 3.8) is 0 Å². The number of carbonyl (C=O) groups excluding carboxylic acids is 1. The van der Waals surface area contributed by atoms with Gasteiger partial charge in [0.15, 0.2) is 6.10 Å². The maximum atomic E-state index is 12.3. The average Bonchev–Trinajstić information content (AvgIpc) is 3.08. The molecule has 0 aliphatic rings. The lowest BCUT2D eigenvalue weighted by Gasteiger charge is -2.15. The number of hydrogen-bond donors (Lipinski definition) is 2. The number of aromatic nitrogens is 2. The van der Waals surface area contributed by atoms with Gasteiger partial charge in [-0.15, -0.1) is 0 Å². The van der Waals surface area contributed by atoms with Gasteiger partial charge in [0.2, 0.25) is 0 Å². The Morgan fingerprint density at radius 2 is 1.97 bits per heavy atom. The van der Waals surface area contributed by atoms with Crippen LogP contribution >= 0.6 is 11.6 Å². The number of ether oxygens (including phenoxy) is 1. The van der Waals surface area contributed by atoms with E-state index >= 15 is 0 Å². The molecule has 0 aliphatic heterocycles. The number of nitriles is 1. The highest BCUT2D eigenvalue weighted by Crippen LogP contribution is 2.24. The van der Waals surface area contributed by atoms with Gasteiger partial charge in [0, 0.05) is 6.54 Å². The van der Waals surface area contributed by atoms with Crippen LogP contribution in [0.4, 0.5) is 5.82 Å². The molecule has 1 atom stereocenters. The number of para-hydroxylation sites is 2. The van der Waals surface area contributed by atoms with E-state index in [1.54, 1.807) is 35.9 Å². The summed E-state index contributed by atoms with van der Waals surface area (Å²) in [5.41, 5.74) is 7.86. The molecule has 0 spiro atoms. The molecule has 1 heterocycles. The van der Waals surface area contributed by atoms with Crippen LogP contribution in [0.15, 0.2) is 54.6 Å². The quantitative estimate of drug-likeness (QED) is 0.539. The van der Waals surface area contributed by atoms with Crippen molar-refractivity contribution in [1.82, 2.24) is 15.1 Å². The molecule has 3 aromatic rings. The maximum Gasteiger partial charge on any atom is 0.260 e. The lowest BCUT2D eigenvalue weighted by molar-refractivity contribution is -0.127. The summed E-state index contributed by atoms with van der Waals surface area (Å²) >= 11 is 6.05. The summed E-state index contributed by atoms with van der Waals surface area (Å²) in [6, 6.07) is 18.5. The molecule has 1 aromatic heterocycles. The molecular weight excluding hydrogens is 402 g/mol. The molecule has 0 radical (unpaired) electrons. The summed E-state index contributed by atoms with van der Waals surface area (Å²) in [5, 5.41) is 17.2. The number of rotatable bonds is 8. The summed E-state index contributed by atoms with van der Waals surface area (Å²) in [4.78, 5) is 12.3. The Labute approximate surface area is 180 Å². The van der Waals surface area contributed by atoms with E-state index in [0.29, 0.717) is 47.2 Å². The molecule has 0 fully saturated rings. The van der Waals surface area contributed by atoms with E-state index in [4.69, 9.17) is 22.1 Å². The second-order valence-corrected chi connectivity index (χ2v) is 7.06. The monoisotopic (exact) mass is 423 g/mol. The second kappa shape index (κ2) is 9.81. The number of amides is 1. The number of nitrogens with two attached hydrogens (primary N) is 1. The van der Waals surface area contributed by atoms with Crippen LogP contribution in [-0.2, 0) is 11.2 Å². The molecule has 8 heteroatoms. The Bertz CT molecular complexity index is 1060. The van der Waals surface area contributed by atoms with Gasteiger partial charge in [-0.25, -0.2) is 4.68 Å². The van der Waals surface area contributed by atoms with Crippen molar-refractivity contribution in [3.8, 4) is 17.5 Å². The van der Waals surface area contributed by atoms with Gasteiger partial charge in [-0.3, -0.25) is 4.79 Å². The number of carbonyl (C=O) groups is 1. The zero-order valence-corrected chi connectivity index (χ0v) is 17.3. The lowest BCUT2D eigenvalue weighted by atomic mass is 10.1. The van der Waals surface area contributed by atoms with Crippen LogP contribution in [0.1, 0.15) is 24.6 Å². The summed E-state index contributed by atoms with van der Waals surface area (Å²) in [7, 11) is 0. The molecule has 3 rings (SSSR count). The smallest absolute Gasteiger partial charge is 0.260 e. The van der Waals surface area contributed by atoms with Crippen molar-refractivity contribution in [2.75, 3.05) is 12.3 Å². The molecule has 7 nitrogen and oxygen atoms in total. The summed E-state index contributed by atoms with van der Waals surface area (Å²) in [6.07, 6.45) is 0.421. The fourth-order valence-electron chi connectivity index (χ4n) is 2.94. The van der Waals surface area contributed by atoms with E-state index in [1.807, 2.05) is 30.3 Å². The Morgan fingerprint density at radius 1 is 1.27 bits per heavy atom. The Hall–Kier alpha value is -3.50. The van der Waals surface area contributed by atoms with E-state index in [9.17, 15) is 10.1 Å². The third-order valence-electron chi connectivity index (χ3n) is 4.51. The van der Waals surface area contributed by atoms with Gasteiger partial charge < -0.3 is 15.8 Å². The van der Waals surface area contributed by atoms with Crippen LogP contribution in [0, 0.1) is 11.3 Å². The van der Waals surface area contributed by atoms with Gasteiger partial charge >= 0.3 is 0 Å². The van der Waals surface area contributed by atoms with Crippen LogP contribution in [0.3, 0.4) is 0 Å². The van der Waals surface area contributed by atoms with Crippen LogP contribution < -0.4 is 15.8 Å². The molecule has 0 saturated carbocycles. The van der Waals surface area contributed by atoms with E-state index in [1.165, 1.54) is 0 Å². The molecule has 1 unspecified atom stereocenters. The van der Waals surface area contributed by atoms with E-state index in [0.717, 1.165) is 5.69 Å². The fourth-order valence-corrected chi connectivity index (χ4v) is 3.12. The maximum absolute atomic E-state index is 12.3. The molecule has 0 saturated heterocycles. The van der Waals surface area contributed by atoms with Crippen molar-refractivity contribution in [2.24, 2.45) is 0 Å². The zero-order chi connectivity index (χ0) is 21.5. The molecule has 2 aromatic carbocycles. The minimum absolute atomic E-state index is 0.246. The number of nitrogen functional groups attached to an aromatic ring is 1. The van der Waals surface area contributed by atoms with Crippen molar-refractivity contribution < 1.29 is 9.53 Å². The molecule has 0 aliphatic carbocycles. The van der Waals surface area contributed by atoms with Gasteiger partial charge in [-0.1, -0.05) is 41.9 Å². The Morgan fingerprint density at radius 3 is 2.67 bits per heavy atom. The van der Waals surface area contributed by atoms with Gasteiger partial charge in [0.25, 0.3) is 5.91 Å². The average molecular weight is 424 g/mol. The van der Waals surface area contributed by atoms with Crippen LogP contribution in [0.2, 0.25) is 5.02 Å². The SMILES string of the molecule is CC(Oc1ccccc1Cl)C(=O)NCCCc1nn(-c2ccccc2)c(N)c1C#N. The van der Waals surface area contributed by atoms with Gasteiger partial charge in [-0.2, -0.15) is 10.4 Å². The standard InChI is InChI=1S/C22H22ClN5O2/c1-15(30-20-12-6-5-10-18(20)23)22(29)26-13-7-11-19-17(14-24)21(25)28(27-19)16-8-3-2-4-9-16/h2-6,8-10,12,15H,7,11,13,25H2,1H3,(H,26,29). The molecule has 1 amide bonds. The van der Waals surface area contributed by atoms with E-state index in [2.05, 4.69) is 16.5 Å². The molecular formula is C22H22ClN5O2. The first-order valence-electron chi connectivity index (χ1n) is 9.53. The molecule has 0 bridgehead atoms. The highest BCUT2D eigenvalue weighted by Gasteiger charge is 2.18. The number of hydrogen-bond acceptors (Lipinski definition) is 5. The first-order valence-corrected chi connectivity index (χ1v) is 9.91. The molecule has 3 N–H and O–H groups in total. The largest absolute Gasteiger partial charge is 0.479 e. The van der Waals surface area contributed by atoms with Crippen LogP contribution in [-0.4, -0.2) is 28.3 Å². The van der Waals surface area contributed by atoms with Crippen LogP contribution in [0.25, 0.3) is 5.69 Å². The predicted octanol–water partition coefficient (Wildman–Crippen LogP) is 3.50. The van der Waals surface area contributed by atoms with Crippen molar-refractivity contribution in [1.29, 1.82) is 5.26 Å². The topological polar surface area (TPSA) is 106 Å². The first-order chi connectivity index (χ1) is 14.5. The highest BCUT2D eigenvalue weighted by atomic mass is 35.5. The zero-order valence-electron chi connectivity index (χ0n) is 16.5. The van der Waals surface area contributed by atoms with Gasteiger partial charge in [-0.05, 0) is 44.0 Å². The first kappa shape index (κ1) is 21.2. The predicted molar refractivity (Wildman–Crippen MR) is 116 cm³/mol. The number of halogens is 1. The third-order valence-corrected chi connectivity index (χ3v) is 4.82.